The predicted octanol–water partition coefficient (Wildman–Crippen LogP) is 4.82. The van der Waals surface area contributed by atoms with Crippen LogP contribution in [0.15, 0.2) is 67.0 Å². The number of pyridine rings is 1. The summed E-state index contributed by atoms with van der Waals surface area (Å²) in [5, 5.41) is 0.670. The maximum atomic E-state index is 10.9. The van der Waals surface area contributed by atoms with Crippen LogP contribution in [0.25, 0.3) is 0 Å². The van der Waals surface area contributed by atoms with E-state index in [9.17, 15) is 4.79 Å². The lowest BCUT2D eigenvalue weighted by Gasteiger charge is -2.26. The number of hydrogen-bond donors (Lipinski definition) is 0. The number of ether oxygens (including phenoxy) is 1. The second-order valence-corrected chi connectivity index (χ2v) is 6.23. The van der Waals surface area contributed by atoms with Gasteiger partial charge in [0, 0.05) is 53.4 Å². The van der Waals surface area contributed by atoms with E-state index in [0.29, 0.717) is 23.7 Å². The van der Waals surface area contributed by atoms with E-state index in [1.54, 1.807) is 13.3 Å². The summed E-state index contributed by atoms with van der Waals surface area (Å²) in [5.74, 6) is 0.688. The summed E-state index contributed by atoms with van der Waals surface area (Å²) in [6.07, 6.45) is 4.80. The van der Waals surface area contributed by atoms with Crippen LogP contribution in [0.5, 0.6) is 5.75 Å². The fourth-order valence-corrected chi connectivity index (χ4v) is 2.99. The number of aromatic nitrogens is 1. The average molecular weight is 367 g/mol. The topological polar surface area (TPSA) is 42.4 Å². The highest BCUT2D eigenvalue weighted by atomic mass is 35.5. The predicted molar refractivity (Wildman–Crippen MR) is 104 cm³/mol. The molecule has 5 heteroatoms. The molecule has 2 aromatic carbocycles. The van der Waals surface area contributed by atoms with E-state index in [0.717, 1.165) is 28.8 Å². The molecule has 0 unspecified atom stereocenters. The molecule has 26 heavy (non-hydrogen) atoms. The van der Waals surface area contributed by atoms with E-state index in [1.807, 2.05) is 60.8 Å². The Hall–Kier alpha value is -2.85. The minimum absolute atomic E-state index is 0.323. The van der Waals surface area contributed by atoms with Gasteiger partial charge in [-0.1, -0.05) is 29.8 Å². The molecule has 4 nitrogen and oxygen atoms in total. The van der Waals surface area contributed by atoms with Gasteiger partial charge in [0.2, 0.25) is 0 Å². The van der Waals surface area contributed by atoms with Gasteiger partial charge in [-0.05, 0) is 35.9 Å². The first kappa shape index (κ1) is 18.0. The van der Waals surface area contributed by atoms with Crippen molar-refractivity contribution in [3.8, 4) is 5.75 Å². The van der Waals surface area contributed by atoms with Crippen molar-refractivity contribution in [3.05, 3.63) is 83.1 Å². The minimum Gasteiger partial charge on any atom is -0.496 e. The molecule has 0 radical (unpaired) electrons. The number of halogens is 1. The number of carbonyl (C=O) groups is 1. The van der Waals surface area contributed by atoms with Gasteiger partial charge in [0.15, 0.2) is 0 Å². The molecule has 132 valence electrons. The SMILES string of the molecule is COc1cc(N(Cc2cccnc2)c2cccc(Cl)c2)ccc1CC=O. The summed E-state index contributed by atoms with van der Waals surface area (Å²) in [6, 6.07) is 17.5. The largest absolute Gasteiger partial charge is 0.496 e. The molecule has 0 N–H and O–H groups in total. The van der Waals surface area contributed by atoms with Crippen molar-refractivity contribution in [1.29, 1.82) is 0 Å². The number of carbonyl (C=O) groups excluding carboxylic acids is 1. The second-order valence-electron chi connectivity index (χ2n) is 5.79. The second kappa shape index (κ2) is 8.50. The lowest BCUT2D eigenvalue weighted by atomic mass is 10.1. The minimum atomic E-state index is 0.323. The first-order valence-corrected chi connectivity index (χ1v) is 8.61. The van der Waals surface area contributed by atoms with Crippen LogP contribution in [0.4, 0.5) is 11.4 Å². The molecule has 0 atom stereocenters. The Kier molecular flexibility index (Phi) is 5.87. The van der Waals surface area contributed by atoms with E-state index >= 15 is 0 Å². The van der Waals surface area contributed by atoms with Crippen molar-refractivity contribution >= 4 is 29.3 Å². The highest BCUT2D eigenvalue weighted by molar-refractivity contribution is 6.30. The molecule has 0 amide bonds. The molecule has 0 aliphatic carbocycles. The monoisotopic (exact) mass is 366 g/mol. The molecule has 0 aliphatic heterocycles. The molecular formula is C21H19ClN2O2. The lowest BCUT2D eigenvalue weighted by Crippen LogP contribution is -2.17. The molecule has 0 saturated carbocycles. The zero-order valence-corrected chi connectivity index (χ0v) is 15.2. The standard InChI is InChI=1S/C21H19ClN2O2/c1-26-21-13-20(8-7-17(21)9-11-25)24(15-16-4-3-10-23-14-16)19-6-2-5-18(22)12-19/h2-8,10-14H,9,15H2,1H3. The fraction of sp³-hybridized carbons (Fsp3) is 0.143. The summed E-state index contributed by atoms with van der Waals surface area (Å²) >= 11 is 6.20. The molecular weight excluding hydrogens is 348 g/mol. The molecule has 1 heterocycles. The molecule has 3 rings (SSSR count). The Balaban J connectivity index is 2.04. The first-order chi connectivity index (χ1) is 12.7. The highest BCUT2D eigenvalue weighted by Crippen LogP contribution is 2.33. The van der Waals surface area contributed by atoms with Gasteiger partial charge in [-0.15, -0.1) is 0 Å². The number of methoxy groups -OCH3 is 1. The Morgan fingerprint density at radius 2 is 1.96 bits per heavy atom. The molecule has 0 spiro atoms. The molecule has 0 bridgehead atoms. The quantitative estimate of drug-likeness (QED) is 0.562. The maximum absolute atomic E-state index is 10.9. The molecule has 0 aliphatic rings. The van der Waals surface area contributed by atoms with Gasteiger partial charge in [-0.2, -0.15) is 0 Å². The Bertz CT molecular complexity index is 884. The number of anilines is 2. The van der Waals surface area contributed by atoms with E-state index in [1.165, 1.54) is 0 Å². The normalized spacial score (nSPS) is 10.4. The van der Waals surface area contributed by atoms with Crippen molar-refractivity contribution in [2.24, 2.45) is 0 Å². The fourth-order valence-electron chi connectivity index (χ4n) is 2.81. The summed E-state index contributed by atoms with van der Waals surface area (Å²) in [5.41, 5.74) is 3.84. The average Bonchev–Trinajstić information content (AvgIpc) is 2.67. The summed E-state index contributed by atoms with van der Waals surface area (Å²) in [4.78, 5) is 17.2. The molecule has 3 aromatic rings. The smallest absolute Gasteiger partial charge is 0.124 e. The third-order valence-electron chi connectivity index (χ3n) is 4.07. The maximum Gasteiger partial charge on any atom is 0.124 e. The molecule has 0 fully saturated rings. The van der Waals surface area contributed by atoms with E-state index in [2.05, 4.69) is 9.88 Å². The molecule has 0 saturated heterocycles. The van der Waals surface area contributed by atoms with Crippen molar-refractivity contribution in [3.63, 3.8) is 0 Å². The van der Waals surface area contributed by atoms with Crippen LogP contribution in [0.1, 0.15) is 11.1 Å². The highest BCUT2D eigenvalue weighted by Gasteiger charge is 2.14. The Morgan fingerprint density at radius 3 is 2.65 bits per heavy atom. The van der Waals surface area contributed by atoms with E-state index < -0.39 is 0 Å². The van der Waals surface area contributed by atoms with Gasteiger partial charge in [-0.25, -0.2) is 0 Å². The van der Waals surface area contributed by atoms with Gasteiger partial charge in [0.25, 0.3) is 0 Å². The number of benzene rings is 2. The van der Waals surface area contributed by atoms with Crippen LogP contribution in [-0.2, 0) is 17.8 Å². The number of aldehydes is 1. The third-order valence-corrected chi connectivity index (χ3v) is 4.30. The Labute approximate surface area is 158 Å². The van der Waals surface area contributed by atoms with Crippen molar-refractivity contribution in [2.75, 3.05) is 12.0 Å². The molecule has 1 aromatic heterocycles. The number of nitrogens with zero attached hydrogens (tertiary/aromatic N) is 2. The van der Waals surface area contributed by atoms with Crippen LogP contribution in [0.3, 0.4) is 0 Å². The number of rotatable bonds is 7. The van der Waals surface area contributed by atoms with Crippen molar-refractivity contribution in [2.45, 2.75) is 13.0 Å². The van der Waals surface area contributed by atoms with Crippen molar-refractivity contribution in [1.82, 2.24) is 4.98 Å². The van der Waals surface area contributed by atoms with Gasteiger partial charge < -0.3 is 14.4 Å². The van der Waals surface area contributed by atoms with Gasteiger partial charge in [0.1, 0.15) is 12.0 Å². The first-order valence-electron chi connectivity index (χ1n) is 8.24. The van der Waals surface area contributed by atoms with Gasteiger partial charge in [0.05, 0.1) is 7.11 Å². The third kappa shape index (κ3) is 4.21. The van der Waals surface area contributed by atoms with Crippen molar-refractivity contribution < 1.29 is 9.53 Å². The van der Waals surface area contributed by atoms with E-state index in [4.69, 9.17) is 16.3 Å². The Morgan fingerprint density at radius 1 is 1.12 bits per heavy atom. The van der Waals surface area contributed by atoms with Crippen LogP contribution >= 0.6 is 11.6 Å². The van der Waals surface area contributed by atoms with Gasteiger partial charge in [-0.3, -0.25) is 4.98 Å². The summed E-state index contributed by atoms with van der Waals surface area (Å²) in [7, 11) is 1.61. The van der Waals surface area contributed by atoms with Crippen LogP contribution in [-0.4, -0.2) is 18.4 Å². The van der Waals surface area contributed by atoms with E-state index in [-0.39, 0.29) is 0 Å². The zero-order chi connectivity index (χ0) is 18.4. The van der Waals surface area contributed by atoms with Crippen LogP contribution in [0.2, 0.25) is 5.02 Å². The summed E-state index contributed by atoms with van der Waals surface area (Å²) < 4.78 is 5.47. The van der Waals surface area contributed by atoms with Crippen LogP contribution in [0, 0.1) is 0 Å². The number of hydrogen-bond acceptors (Lipinski definition) is 4. The zero-order valence-electron chi connectivity index (χ0n) is 14.4. The van der Waals surface area contributed by atoms with Crippen LogP contribution < -0.4 is 9.64 Å². The van der Waals surface area contributed by atoms with Gasteiger partial charge >= 0.3 is 0 Å². The lowest BCUT2D eigenvalue weighted by molar-refractivity contribution is -0.107. The summed E-state index contributed by atoms with van der Waals surface area (Å²) in [6.45, 7) is 0.629.